The molecular formula is C29H33NO2. The molecule has 3 heteroatoms. The van der Waals surface area contributed by atoms with E-state index < -0.39 is 0 Å². The lowest BCUT2D eigenvalue weighted by atomic mass is 9.81. The lowest BCUT2D eigenvalue weighted by Crippen LogP contribution is -2.36. The molecule has 3 aromatic carbocycles. The number of carbonyl (C=O) groups is 1. The Hall–Kier alpha value is -3.07. The van der Waals surface area contributed by atoms with Crippen molar-refractivity contribution in [2.75, 3.05) is 12.0 Å². The van der Waals surface area contributed by atoms with E-state index in [1.54, 1.807) is 7.11 Å². The number of methoxy groups -OCH3 is 1. The van der Waals surface area contributed by atoms with Gasteiger partial charge in [-0.1, -0.05) is 56.3 Å². The first-order valence-corrected chi connectivity index (χ1v) is 11.6. The van der Waals surface area contributed by atoms with Crippen LogP contribution >= 0.6 is 0 Å². The maximum Gasteiger partial charge on any atom is 0.234 e. The molecule has 3 nitrogen and oxygen atoms in total. The average molecular weight is 428 g/mol. The number of benzene rings is 3. The van der Waals surface area contributed by atoms with Gasteiger partial charge in [0.15, 0.2) is 0 Å². The maximum atomic E-state index is 14.1. The van der Waals surface area contributed by atoms with Crippen LogP contribution in [-0.2, 0) is 17.8 Å². The topological polar surface area (TPSA) is 29.5 Å². The first-order valence-electron chi connectivity index (χ1n) is 11.6. The summed E-state index contributed by atoms with van der Waals surface area (Å²) in [6.07, 6.45) is 2.91. The number of amides is 1. The third kappa shape index (κ3) is 4.57. The van der Waals surface area contributed by atoms with Crippen molar-refractivity contribution in [2.24, 2.45) is 0 Å². The molecule has 1 amide bonds. The standard InChI is InChI=1S/C29H33NO2/c1-20(2)22-12-15-25(16-13-22)30(19-24-9-6-5-8-21(24)3)29(31)27-11-7-10-23-14-17-26(32-4)18-28(23)27/h5-6,8-9,12-18,20,27H,7,10-11,19H2,1-4H3. The van der Waals surface area contributed by atoms with Crippen LogP contribution in [-0.4, -0.2) is 13.0 Å². The van der Waals surface area contributed by atoms with Crippen LogP contribution in [0.25, 0.3) is 0 Å². The van der Waals surface area contributed by atoms with E-state index in [-0.39, 0.29) is 11.8 Å². The number of anilines is 1. The molecule has 0 spiro atoms. The summed E-state index contributed by atoms with van der Waals surface area (Å²) >= 11 is 0. The number of hydrogen-bond donors (Lipinski definition) is 0. The Morgan fingerprint density at radius 3 is 2.50 bits per heavy atom. The molecule has 0 N–H and O–H groups in total. The predicted molar refractivity (Wildman–Crippen MR) is 132 cm³/mol. The van der Waals surface area contributed by atoms with Gasteiger partial charge < -0.3 is 9.64 Å². The van der Waals surface area contributed by atoms with Gasteiger partial charge in [0.2, 0.25) is 5.91 Å². The Bertz CT molecular complexity index is 1080. The van der Waals surface area contributed by atoms with Crippen LogP contribution in [0.3, 0.4) is 0 Å². The molecule has 1 unspecified atom stereocenters. The van der Waals surface area contributed by atoms with Gasteiger partial charge in [0.25, 0.3) is 0 Å². The Morgan fingerprint density at radius 1 is 1.06 bits per heavy atom. The van der Waals surface area contributed by atoms with E-state index in [0.29, 0.717) is 12.5 Å². The zero-order valence-corrected chi connectivity index (χ0v) is 19.6. The number of rotatable bonds is 6. The van der Waals surface area contributed by atoms with Gasteiger partial charge >= 0.3 is 0 Å². The van der Waals surface area contributed by atoms with E-state index in [9.17, 15) is 4.79 Å². The first kappa shape index (κ1) is 22.1. The molecule has 0 aromatic heterocycles. The van der Waals surface area contributed by atoms with E-state index >= 15 is 0 Å². The number of fused-ring (bicyclic) bond motifs is 1. The Morgan fingerprint density at radius 2 is 1.81 bits per heavy atom. The van der Waals surface area contributed by atoms with E-state index in [0.717, 1.165) is 36.3 Å². The van der Waals surface area contributed by atoms with Gasteiger partial charge in [-0.15, -0.1) is 0 Å². The molecule has 0 fully saturated rings. The van der Waals surface area contributed by atoms with Gasteiger partial charge in [0.1, 0.15) is 5.75 Å². The van der Waals surface area contributed by atoms with Gasteiger partial charge in [0, 0.05) is 5.69 Å². The van der Waals surface area contributed by atoms with Crippen LogP contribution in [0.2, 0.25) is 0 Å². The molecule has 0 aliphatic heterocycles. The molecule has 0 saturated carbocycles. The largest absolute Gasteiger partial charge is 0.497 e. The van der Waals surface area contributed by atoms with Crippen molar-refractivity contribution in [3.8, 4) is 5.75 Å². The molecule has 0 heterocycles. The maximum absolute atomic E-state index is 14.1. The van der Waals surface area contributed by atoms with Crippen LogP contribution in [0.15, 0.2) is 66.7 Å². The molecule has 0 saturated heterocycles. The third-order valence-electron chi connectivity index (χ3n) is 6.69. The number of ether oxygens (including phenoxy) is 1. The monoisotopic (exact) mass is 427 g/mol. The van der Waals surface area contributed by atoms with Gasteiger partial charge in [-0.05, 0) is 84.2 Å². The minimum Gasteiger partial charge on any atom is -0.497 e. The van der Waals surface area contributed by atoms with Crippen molar-refractivity contribution < 1.29 is 9.53 Å². The third-order valence-corrected chi connectivity index (χ3v) is 6.69. The molecule has 1 aliphatic carbocycles. The quantitative estimate of drug-likeness (QED) is 0.434. The smallest absolute Gasteiger partial charge is 0.234 e. The van der Waals surface area contributed by atoms with Crippen molar-refractivity contribution in [2.45, 2.75) is 58.4 Å². The second-order valence-electron chi connectivity index (χ2n) is 9.11. The average Bonchev–Trinajstić information content (AvgIpc) is 2.82. The lowest BCUT2D eigenvalue weighted by molar-refractivity contribution is -0.120. The highest BCUT2D eigenvalue weighted by atomic mass is 16.5. The van der Waals surface area contributed by atoms with Crippen LogP contribution in [0.1, 0.15) is 66.3 Å². The van der Waals surface area contributed by atoms with E-state index in [4.69, 9.17) is 4.74 Å². The minimum atomic E-state index is -0.150. The molecule has 166 valence electrons. The van der Waals surface area contributed by atoms with Crippen molar-refractivity contribution in [1.82, 2.24) is 0 Å². The van der Waals surface area contributed by atoms with Gasteiger partial charge in [0.05, 0.1) is 19.6 Å². The SMILES string of the molecule is COc1ccc2c(c1)C(C(=O)N(Cc1ccccc1C)c1ccc(C(C)C)cc1)CCC2. The zero-order valence-electron chi connectivity index (χ0n) is 19.6. The predicted octanol–water partition coefficient (Wildman–Crippen LogP) is 6.78. The summed E-state index contributed by atoms with van der Waals surface area (Å²) in [4.78, 5) is 16.1. The Kier molecular flexibility index (Phi) is 6.64. The number of nitrogens with zero attached hydrogens (tertiary/aromatic N) is 1. The molecule has 1 aliphatic rings. The van der Waals surface area contributed by atoms with Gasteiger partial charge in [-0.3, -0.25) is 4.79 Å². The van der Waals surface area contributed by atoms with E-state index in [1.807, 2.05) is 23.1 Å². The fourth-order valence-corrected chi connectivity index (χ4v) is 4.64. The number of aryl methyl sites for hydroxylation is 2. The van der Waals surface area contributed by atoms with Crippen molar-refractivity contribution >= 4 is 11.6 Å². The van der Waals surface area contributed by atoms with Crippen LogP contribution in [0, 0.1) is 6.92 Å². The van der Waals surface area contributed by atoms with Gasteiger partial charge in [-0.2, -0.15) is 0 Å². The summed E-state index contributed by atoms with van der Waals surface area (Å²) in [6.45, 7) is 7.07. The Labute approximate surface area is 192 Å². The van der Waals surface area contributed by atoms with E-state index in [1.165, 1.54) is 22.3 Å². The lowest BCUT2D eigenvalue weighted by Gasteiger charge is -2.32. The highest BCUT2D eigenvalue weighted by Crippen LogP contribution is 2.37. The summed E-state index contributed by atoms with van der Waals surface area (Å²) < 4.78 is 5.48. The fraction of sp³-hybridized carbons (Fsp3) is 0.345. The zero-order chi connectivity index (χ0) is 22.7. The van der Waals surface area contributed by atoms with Crippen LogP contribution in [0.5, 0.6) is 5.75 Å². The van der Waals surface area contributed by atoms with Gasteiger partial charge in [-0.25, -0.2) is 0 Å². The summed E-state index contributed by atoms with van der Waals surface area (Å²) in [7, 11) is 1.68. The Balaban J connectivity index is 1.73. The van der Waals surface area contributed by atoms with Crippen LogP contribution < -0.4 is 9.64 Å². The molecular weight excluding hydrogens is 394 g/mol. The summed E-state index contributed by atoms with van der Waals surface area (Å²) in [5.41, 5.74) is 7.00. The van der Waals surface area contributed by atoms with E-state index in [2.05, 4.69) is 69.3 Å². The molecule has 3 aromatic rings. The van der Waals surface area contributed by atoms with Crippen molar-refractivity contribution in [1.29, 1.82) is 0 Å². The number of carbonyl (C=O) groups excluding carboxylic acids is 1. The minimum absolute atomic E-state index is 0.150. The fourth-order valence-electron chi connectivity index (χ4n) is 4.64. The highest BCUT2D eigenvalue weighted by Gasteiger charge is 2.31. The van der Waals surface area contributed by atoms with Crippen LogP contribution in [0.4, 0.5) is 5.69 Å². The second kappa shape index (κ2) is 9.60. The number of hydrogen-bond acceptors (Lipinski definition) is 2. The van der Waals surface area contributed by atoms with Crippen molar-refractivity contribution in [3.63, 3.8) is 0 Å². The molecule has 0 radical (unpaired) electrons. The molecule has 0 bridgehead atoms. The summed E-state index contributed by atoms with van der Waals surface area (Å²) in [5.74, 6) is 1.29. The summed E-state index contributed by atoms with van der Waals surface area (Å²) in [5, 5.41) is 0. The highest BCUT2D eigenvalue weighted by molar-refractivity contribution is 5.98. The molecule has 4 rings (SSSR count). The first-order chi connectivity index (χ1) is 15.5. The molecule has 32 heavy (non-hydrogen) atoms. The molecule has 1 atom stereocenters. The summed E-state index contributed by atoms with van der Waals surface area (Å²) in [6, 6.07) is 23.0. The normalized spacial score (nSPS) is 15.3. The second-order valence-corrected chi connectivity index (χ2v) is 9.11. The van der Waals surface area contributed by atoms with Crippen molar-refractivity contribution in [3.05, 3.63) is 94.5 Å².